The molecule has 1 heterocycles. The zero-order valence-corrected chi connectivity index (χ0v) is 10.7. The predicted molar refractivity (Wildman–Crippen MR) is 68.9 cm³/mol. The molecule has 0 bridgehead atoms. The third-order valence-electron chi connectivity index (χ3n) is 2.99. The van der Waals surface area contributed by atoms with Crippen molar-refractivity contribution in [3.63, 3.8) is 0 Å². The number of aromatic amines is 1. The first-order chi connectivity index (χ1) is 8.11. The van der Waals surface area contributed by atoms with Crippen LogP contribution in [0, 0.1) is 13.8 Å². The van der Waals surface area contributed by atoms with Gasteiger partial charge in [-0.15, -0.1) is 0 Å². The van der Waals surface area contributed by atoms with E-state index in [4.69, 9.17) is 4.74 Å². The van der Waals surface area contributed by atoms with Crippen molar-refractivity contribution in [2.24, 2.45) is 0 Å². The van der Waals surface area contributed by atoms with E-state index < -0.39 is 0 Å². The molecule has 0 amide bonds. The van der Waals surface area contributed by atoms with Gasteiger partial charge in [-0.3, -0.25) is 0 Å². The molecule has 3 heteroatoms. The first-order valence-corrected chi connectivity index (χ1v) is 5.78. The number of H-pyrrole nitrogens is 1. The Morgan fingerprint density at radius 1 is 1.29 bits per heavy atom. The van der Waals surface area contributed by atoms with Crippen LogP contribution in [0.5, 0.6) is 0 Å². The van der Waals surface area contributed by atoms with Crippen LogP contribution in [0.15, 0.2) is 24.3 Å². The summed E-state index contributed by atoms with van der Waals surface area (Å²) in [6, 6.07) is 8.33. The summed E-state index contributed by atoms with van der Waals surface area (Å²) < 4.78 is 5.33. The average molecular weight is 230 g/mol. The molecule has 0 radical (unpaired) electrons. The summed E-state index contributed by atoms with van der Waals surface area (Å²) in [5, 5.41) is 0. The standard InChI is InChI=1S/C14H18N2O/c1-9-14(16-11(3)15-9)13-7-5-6-12(8-13)10(2)17-4/h5-8,10H,1-4H3,(H,15,16)/t10-/m1/s1. The SMILES string of the molecule is CO[C@H](C)c1cccc(-c2nc(C)[nH]c2C)c1. The molecule has 2 rings (SSSR count). The Morgan fingerprint density at radius 3 is 2.65 bits per heavy atom. The lowest BCUT2D eigenvalue weighted by molar-refractivity contribution is 0.119. The lowest BCUT2D eigenvalue weighted by Gasteiger charge is -2.10. The topological polar surface area (TPSA) is 37.9 Å². The highest BCUT2D eigenvalue weighted by Gasteiger charge is 2.09. The van der Waals surface area contributed by atoms with Gasteiger partial charge in [-0.2, -0.15) is 0 Å². The van der Waals surface area contributed by atoms with Crippen molar-refractivity contribution in [1.29, 1.82) is 0 Å². The number of ether oxygens (including phenoxy) is 1. The Labute approximate surface area is 102 Å². The van der Waals surface area contributed by atoms with Gasteiger partial charge in [-0.25, -0.2) is 4.98 Å². The third-order valence-corrected chi connectivity index (χ3v) is 2.99. The number of hydrogen-bond donors (Lipinski definition) is 1. The van der Waals surface area contributed by atoms with Crippen molar-refractivity contribution in [3.8, 4) is 11.3 Å². The van der Waals surface area contributed by atoms with Crippen LogP contribution in [0.1, 0.15) is 30.1 Å². The summed E-state index contributed by atoms with van der Waals surface area (Å²) in [7, 11) is 1.72. The number of nitrogens with zero attached hydrogens (tertiary/aromatic N) is 1. The third kappa shape index (κ3) is 2.39. The second-order valence-corrected chi connectivity index (χ2v) is 4.30. The van der Waals surface area contributed by atoms with E-state index >= 15 is 0 Å². The number of hydrogen-bond acceptors (Lipinski definition) is 2. The van der Waals surface area contributed by atoms with Gasteiger partial charge in [0.15, 0.2) is 0 Å². The van der Waals surface area contributed by atoms with Gasteiger partial charge in [0.2, 0.25) is 0 Å². The Kier molecular flexibility index (Phi) is 3.29. The number of rotatable bonds is 3. The van der Waals surface area contributed by atoms with Crippen molar-refractivity contribution in [2.45, 2.75) is 26.9 Å². The number of methoxy groups -OCH3 is 1. The molecule has 1 aromatic heterocycles. The molecule has 90 valence electrons. The molecule has 1 atom stereocenters. The van der Waals surface area contributed by atoms with Gasteiger partial charge in [-0.1, -0.05) is 18.2 Å². The molecule has 0 unspecified atom stereocenters. The summed E-state index contributed by atoms with van der Waals surface area (Å²) in [4.78, 5) is 7.74. The molecule has 1 N–H and O–H groups in total. The summed E-state index contributed by atoms with van der Waals surface area (Å²) in [6.07, 6.45) is 0.107. The number of imidazole rings is 1. The molecular formula is C14H18N2O. The molecule has 0 saturated carbocycles. The number of nitrogens with one attached hydrogen (secondary N) is 1. The number of benzene rings is 1. The van der Waals surface area contributed by atoms with Crippen LogP contribution in [0.25, 0.3) is 11.3 Å². The fourth-order valence-electron chi connectivity index (χ4n) is 1.97. The maximum absolute atomic E-state index is 5.33. The van der Waals surface area contributed by atoms with Gasteiger partial charge in [-0.05, 0) is 32.4 Å². The molecule has 0 saturated heterocycles. The predicted octanol–water partition coefficient (Wildman–Crippen LogP) is 3.40. The molecular weight excluding hydrogens is 212 g/mol. The van der Waals surface area contributed by atoms with Crippen LogP contribution in [0.2, 0.25) is 0 Å². The summed E-state index contributed by atoms with van der Waals surface area (Å²) >= 11 is 0. The van der Waals surface area contributed by atoms with Crippen LogP contribution in [0.3, 0.4) is 0 Å². The van der Waals surface area contributed by atoms with Crippen LogP contribution < -0.4 is 0 Å². The summed E-state index contributed by atoms with van der Waals surface area (Å²) in [5.41, 5.74) is 4.43. The number of aromatic nitrogens is 2. The molecule has 2 aromatic rings. The zero-order chi connectivity index (χ0) is 12.4. The second-order valence-electron chi connectivity index (χ2n) is 4.30. The van der Waals surface area contributed by atoms with Crippen molar-refractivity contribution in [1.82, 2.24) is 9.97 Å². The lowest BCUT2D eigenvalue weighted by Crippen LogP contribution is -1.95. The molecule has 0 aliphatic carbocycles. The molecule has 1 aromatic carbocycles. The Hall–Kier alpha value is -1.61. The maximum Gasteiger partial charge on any atom is 0.103 e. The minimum atomic E-state index is 0.107. The summed E-state index contributed by atoms with van der Waals surface area (Å²) in [6.45, 7) is 6.06. The minimum Gasteiger partial charge on any atom is -0.377 e. The van der Waals surface area contributed by atoms with Gasteiger partial charge in [0.05, 0.1) is 11.8 Å². The maximum atomic E-state index is 5.33. The minimum absolute atomic E-state index is 0.107. The summed E-state index contributed by atoms with van der Waals surface area (Å²) in [5.74, 6) is 0.947. The normalized spacial score (nSPS) is 12.7. The fourth-order valence-corrected chi connectivity index (χ4v) is 1.97. The van der Waals surface area contributed by atoms with Crippen LogP contribution in [-0.2, 0) is 4.74 Å². The van der Waals surface area contributed by atoms with Crippen LogP contribution in [0.4, 0.5) is 0 Å². The Morgan fingerprint density at radius 2 is 2.06 bits per heavy atom. The van der Waals surface area contributed by atoms with Gasteiger partial charge in [0.25, 0.3) is 0 Å². The first kappa shape index (κ1) is 11.9. The van der Waals surface area contributed by atoms with Crippen LogP contribution in [-0.4, -0.2) is 17.1 Å². The van der Waals surface area contributed by atoms with E-state index in [0.717, 1.165) is 22.8 Å². The smallest absolute Gasteiger partial charge is 0.103 e. The van der Waals surface area contributed by atoms with E-state index in [0.29, 0.717) is 0 Å². The van der Waals surface area contributed by atoms with E-state index in [-0.39, 0.29) is 6.10 Å². The Bertz CT molecular complexity index is 517. The van der Waals surface area contributed by atoms with E-state index in [1.54, 1.807) is 7.11 Å². The molecule has 0 spiro atoms. The largest absolute Gasteiger partial charge is 0.377 e. The average Bonchev–Trinajstić information content (AvgIpc) is 2.67. The highest BCUT2D eigenvalue weighted by Crippen LogP contribution is 2.25. The van der Waals surface area contributed by atoms with Crippen LogP contribution >= 0.6 is 0 Å². The van der Waals surface area contributed by atoms with Crippen molar-refractivity contribution in [2.75, 3.05) is 7.11 Å². The van der Waals surface area contributed by atoms with Gasteiger partial charge in [0.1, 0.15) is 5.82 Å². The molecule has 3 nitrogen and oxygen atoms in total. The van der Waals surface area contributed by atoms with Crippen molar-refractivity contribution >= 4 is 0 Å². The van der Waals surface area contributed by atoms with Gasteiger partial charge >= 0.3 is 0 Å². The highest BCUT2D eigenvalue weighted by atomic mass is 16.5. The lowest BCUT2D eigenvalue weighted by atomic mass is 10.0. The van der Waals surface area contributed by atoms with Crippen molar-refractivity contribution in [3.05, 3.63) is 41.3 Å². The van der Waals surface area contributed by atoms with Gasteiger partial charge < -0.3 is 9.72 Å². The quantitative estimate of drug-likeness (QED) is 0.877. The van der Waals surface area contributed by atoms with E-state index in [1.807, 2.05) is 26.8 Å². The van der Waals surface area contributed by atoms with Crippen molar-refractivity contribution < 1.29 is 4.74 Å². The fraction of sp³-hybridized carbons (Fsp3) is 0.357. The monoisotopic (exact) mass is 230 g/mol. The first-order valence-electron chi connectivity index (χ1n) is 5.78. The molecule has 17 heavy (non-hydrogen) atoms. The van der Waals surface area contributed by atoms with E-state index in [2.05, 4.69) is 28.2 Å². The Balaban J connectivity index is 2.43. The second kappa shape index (κ2) is 4.72. The van der Waals surface area contributed by atoms with E-state index in [1.165, 1.54) is 5.56 Å². The highest BCUT2D eigenvalue weighted by molar-refractivity contribution is 5.62. The number of aryl methyl sites for hydroxylation is 2. The van der Waals surface area contributed by atoms with E-state index in [9.17, 15) is 0 Å². The molecule has 0 fully saturated rings. The molecule has 0 aliphatic heterocycles. The zero-order valence-electron chi connectivity index (χ0n) is 10.7. The molecule has 0 aliphatic rings. The van der Waals surface area contributed by atoms with Gasteiger partial charge in [0, 0.05) is 18.4 Å².